The van der Waals surface area contributed by atoms with E-state index in [0.717, 1.165) is 0 Å². The first-order valence-electron chi connectivity index (χ1n) is 13.3. The van der Waals surface area contributed by atoms with Gasteiger partial charge in [-0.05, 0) is 91.9 Å². The van der Waals surface area contributed by atoms with Crippen LogP contribution in [0.5, 0.6) is 0 Å². The smallest absolute Gasteiger partial charge is 0.448 e. The maximum absolute atomic E-state index is 13.2. The van der Waals surface area contributed by atoms with Crippen LogP contribution in [0.15, 0.2) is 12.2 Å². The molecule has 0 fully saturated rings. The van der Waals surface area contributed by atoms with E-state index in [0.29, 0.717) is 6.42 Å². The molecule has 0 aromatic heterocycles. The summed E-state index contributed by atoms with van der Waals surface area (Å²) in [6.45, 7) is 32.2. The van der Waals surface area contributed by atoms with Gasteiger partial charge < -0.3 is 35.8 Å². The lowest BCUT2D eigenvalue weighted by molar-refractivity contribution is -0.273. The molecule has 0 heterocycles. The summed E-state index contributed by atoms with van der Waals surface area (Å²) in [4.78, 5) is 13.2. The Labute approximate surface area is 239 Å². The van der Waals surface area contributed by atoms with Gasteiger partial charge in [-0.1, -0.05) is 19.9 Å². The molecular weight excluding hydrogens is 589 g/mol. The van der Waals surface area contributed by atoms with Crippen molar-refractivity contribution in [2.75, 3.05) is 6.61 Å². The van der Waals surface area contributed by atoms with Gasteiger partial charge in [-0.25, -0.2) is 4.79 Å². The highest BCUT2D eigenvalue weighted by Crippen LogP contribution is 2.41. The van der Waals surface area contributed by atoms with E-state index in [1.165, 1.54) is 6.92 Å². The van der Waals surface area contributed by atoms with Crippen molar-refractivity contribution < 1.29 is 40.6 Å². The van der Waals surface area contributed by atoms with E-state index >= 15 is 0 Å². The number of carbonyl (C=O) groups is 1. The summed E-state index contributed by atoms with van der Waals surface area (Å²) in [6.07, 6.45) is 0.629. The Balaban J connectivity index is 7.45. The molecular formula is C23H56O9Si6. The van der Waals surface area contributed by atoms with Gasteiger partial charge in [0.2, 0.25) is 11.0 Å². The second-order valence-electron chi connectivity index (χ2n) is 13.9. The molecule has 0 aromatic rings. The minimum Gasteiger partial charge on any atom is -0.448 e. The first kappa shape index (κ1) is 38.2. The molecule has 0 saturated carbocycles. The van der Waals surface area contributed by atoms with E-state index in [1.54, 1.807) is 6.55 Å². The fraction of sp³-hybridized carbons (Fsp3) is 0.870. The zero-order chi connectivity index (χ0) is 30.6. The molecule has 2 unspecified atom stereocenters. The van der Waals surface area contributed by atoms with Crippen LogP contribution in [0.4, 0.5) is 0 Å². The number of hydrogen-bond donors (Lipinski definition) is 2. The number of esters is 1. The lowest BCUT2D eigenvalue weighted by Crippen LogP contribution is -2.75. The summed E-state index contributed by atoms with van der Waals surface area (Å²) in [5, 5.41) is 21.5. The summed E-state index contributed by atoms with van der Waals surface area (Å²) < 4.78 is 39.0. The van der Waals surface area contributed by atoms with E-state index < -0.39 is 74.9 Å². The highest BCUT2D eigenvalue weighted by Gasteiger charge is 2.66. The topological polar surface area (TPSA) is 113 Å². The largest absolute Gasteiger partial charge is 0.479 e. The van der Waals surface area contributed by atoms with Crippen LogP contribution in [-0.4, -0.2) is 85.2 Å². The van der Waals surface area contributed by atoms with Crippen LogP contribution in [0.3, 0.4) is 0 Å². The average molecular weight is 645 g/mol. The molecule has 0 aromatic carbocycles. The van der Waals surface area contributed by atoms with Crippen LogP contribution in [0, 0.1) is 0 Å². The van der Waals surface area contributed by atoms with E-state index in [2.05, 4.69) is 6.58 Å². The molecule has 0 bridgehead atoms. The van der Waals surface area contributed by atoms with E-state index in [9.17, 15) is 15.0 Å². The molecule has 0 rings (SSSR count). The minimum atomic E-state index is -3.62. The second kappa shape index (κ2) is 13.5. The van der Waals surface area contributed by atoms with Crippen LogP contribution in [0.2, 0.25) is 85.1 Å². The molecule has 0 aliphatic heterocycles. The van der Waals surface area contributed by atoms with Crippen LogP contribution >= 0.6 is 0 Å². The van der Waals surface area contributed by atoms with Crippen molar-refractivity contribution in [3.63, 3.8) is 0 Å². The summed E-state index contributed by atoms with van der Waals surface area (Å²) in [5.74, 6) is -3.13. The standard InChI is InChI=1S/C23H56O9Si6/c1-17-18-23(27-21(25)20(2)3,33(29-34(4,5)6)30-35(7,8)9)22(26,19-24)28-38(16,31-36(10,11)12)32-37(13,14)15/h24,26,33H,2,17-19H2,1,3-16H3. The molecule has 15 heteroatoms. The SMILES string of the molecule is C=C(C)C(=O)OC(CCC)([SiH](O[Si](C)(C)C)O[Si](C)(C)C)C(O)(CO)O[Si](C)(O[Si](C)(C)C)O[Si](C)(C)C. The third-order valence-corrected chi connectivity index (χ3v) is 22.3. The van der Waals surface area contributed by atoms with Crippen molar-refractivity contribution in [3.05, 3.63) is 12.2 Å². The van der Waals surface area contributed by atoms with Crippen molar-refractivity contribution in [2.45, 2.75) is 123 Å². The molecule has 2 atom stereocenters. The number of ether oxygens (including phenoxy) is 1. The molecule has 226 valence electrons. The molecule has 2 N–H and O–H groups in total. The van der Waals surface area contributed by atoms with E-state index in [-0.39, 0.29) is 12.0 Å². The van der Waals surface area contributed by atoms with Gasteiger partial charge in [0.25, 0.3) is 0 Å². The van der Waals surface area contributed by atoms with Crippen molar-refractivity contribution in [1.29, 1.82) is 0 Å². The van der Waals surface area contributed by atoms with Gasteiger partial charge in [0.15, 0.2) is 33.3 Å². The molecule has 38 heavy (non-hydrogen) atoms. The van der Waals surface area contributed by atoms with Gasteiger partial charge >= 0.3 is 24.1 Å². The molecule has 0 spiro atoms. The van der Waals surface area contributed by atoms with Gasteiger partial charge in [-0.2, -0.15) is 0 Å². The number of carbonyl (C=O) groups excluding carboxylic acids is 1. The fourth-order valence-electron chi connectivity index (χ4n) is 3.89. The second-order valence-corrected chi connectivity index (χ2v) is 37.9. The predicted molar refractivity (Wildman–Crippen MR) is 168 cm³/mol. The van der Waals surface area contributed by atoms with Gasteiger partial charge in [0.1, 0.15) is 6.61 Å². The average Bonchev–Trinajstić information content (AvgIpc) is 2.60. The summed E-state index contributed by atoms with van der Waals surface area (Å²) in [7, 11) is -15.9. The number of aliphatic hydroxyl groups is 2. The Morgan fingerprint density at radius 2 is 1.21 bits per heavy atom. The molecule has 9 nitrogen and oxygen atoms in total. The van der Waals surface area contributed by atoms with E-state index in [4.69, 9.17) is 25.6 Å². The number of aliphatic hydroxyl groups excluding tert-OH is 1. The highest BCUT2D eigenvalue weighted by atomic mass is 28.5. The zero-order valence-corrected chi connectivity index (χ0v) is 32.8. The van der Waals surface area contributed by atoms with Crippen LogP contribution in [-0.2, 0) is 30.4 Å². The number of rotatable bonds is 17. The third kappa shape index (κ3) is 12.8. The van der Waals surface area contributed by atoms with Crippen molar-refractivity contribution in [2.24, 2.45) is 0 Å². The monoisotopic (exact) mass is 644 g/mol. The maximum Gasteiger partial charge on any atom is 0.479 e. The predicted octanol–water partition coefficient (Wildman–Crippen LogP) is 5.08. The fourth-order valence-corrected chi connectivity index (χ4v) is 23.2. The Bertz CT molecular complexity index is 769. The number of hydrogen-bond acceptors (Lipinski definition) is 9. The van der Waals surface area contributed by atoms with Gasteiger partial charge in [-0.15, -0.1) is 0 Å². The Morgan fingerprint density at radius 3 is 1.47 bits per heavy atom. The summed E-state index contributed by atoms with van der Waals surface area (Å²) in [5.41, 5.74) is 0.149. The first-order valence-corrected chi connectivity index (χ1v) is 30.7. The minimum absolute atomic E-state index is 0.138. The third-order valence-electron chi connectivity index (χ3n) is 4.76. The van der Waals surface area contributed by atoms with Crippen molar-refractivity contribution >= 4 is 57.3 Å². The summed E-state index contributed by atoms with van der Waals surface area (Å²) in [6, 6.07) is 0. The lowest BCUT2D eigenvalue weighted by atomic mass is 10.0. The zero-order valence-electron chi connectivity index (χ0n) is 26.7. The van der Waals surface area contributed by atoms with E-state index in [1.807, 2.05) is 85.5 Å². The molecule has 0 amide bonds. The van der Waals surface area contributed by atoms with Crippen molar-refractivity contribution in [1.82, 2.24) is 0 Å². The Kier molecular flexibility index (Phi) is 13.6. The maximum atomic E-state index is 13.2. The first-order chi connectivity index (χ1) is 16.6. The molecule has 0 aliphatic carbocycles. The van der Waals surface area contributed by atoms with Gasteiger partial charge in [0, 0.05) is 12.1 Å². The van der Waals surface area contributed by atoms with Gasteiger partial charge in [0.05, 0.1) is 0 Å². The van der Waals surface area contributed by atoms with Crippen molar-refractivity contribution in [3.8, 4) is 0 Å². The lowest BCUT2D eigenvalue weighted by Gasteiger charge is -2.52. The normalized spacial score (nSPS) is 17.2. The van der Waals surface area contributed by atoms with Gasteiger partial charge in [-0.3, -0.25) is 0 Å². The Morgan fingerprint density at radius 1 is 0.816 bits per heavy atom. The summed E-state index contributed by atoms with van der Waals surface area (Å²) >= 11 is 0. The highest BCUT2D eigenvalue weighted by molar-refractivity contribution is 6.85. The molecule has 0 radical (unpaired) electrons. The molecule has 0 saturated heterocycles. The molecule has 0 aliphatic rings. The quantitative estimate of drug-likeness (QED) is 0.0969. The Hall–Kier alpha value is 0.231. The van der Waals surface area contributed by atoms with Crippen LogP contribution in [0.25, 0.3) is 0 Å². The van der Waals surface area contributed by atoms with Crippen LogP contribution < -0.4 is 0 Å². The van der Waals surface area contributed by atoms with Crippen LogP contribution in [0.1, 0.15) is 26.7 Å².